The summed E-state index contributed by atoms with van der Waals surface area (Å²) < 4.78 is 5.18. The lowest BCUT2D eigenvalue weighted by atomic mass is 10.2. The van der Waals surface area contributed by atoms with Crippen molar-refractivity contribution in [3.63, 3.8) is 0 Å². The second-order valence-corrected chi connectivity index (χ2v) is 3.10. The van der Waals surface area contributed by atoms with Gasteiger partial charge in [0.05, 0.1) is 4.70 Å². The Kier molecular flexibility index (Phi) is 1.21. The van der Waals surface area contributed by atoms with Crippen molar-refractivity contribution < 1.29 is 0 Å². The van der Waals surface area contributed by atoms with Crippen LogP contribution in [0.2, 0.25) is 0 Å². The first-order chi connectivity index (χ1) is 4.86. The van der Waals surface area contributed by atoms with E-state index >= 15 is 0 Å². The molecule has 1 nitrogen and oxygen atoms in total. The Balaban J connectivity index is 2.86. The summed E-state index contributed by atoms with van der Waals surface area (Å²) in [5, 5.41) is 1.12. The van der Waals surface area contributed by atoms with Gasteiger partial charge < -0.3 is 0 Å². The van der Waals surface area contributed by atoms with Crippen LogP contribution in [0.4, 0.5) is 0 Å². The van der Waals surface area contributed by atoms with Crippen molar-refractivity contribution in [1.82, 2.24) is 4.37 Å². The molecule has 0 N–H and O–H groups in total. The average Bonchev–Trinajstić information content (AvgIpc) is 2.33. The van der Waals surface area contributed by atoms with Crippen molar-refractivity contribution in [1.29, 1.82) is 0 Å². The van der Waals surface area contributed by atoms with Gasteiger partial charge >= 0.3 is 0 Å². The molecule has 1 aromatic carbocycles. The highest BCUT2D eigenvalue weighted by molar-refractivity contribution is 7.13. The van der Waals surface area contributed by atoms with Gasteiger partial charge in [0.2, 0.25) is 0 Å². The van der Waals surface area contributed by atoms with Crippen LogP contribution in [0, 0.1) is 13.1 Å². The van der Waals surface area contributed by atoms with Gasteiger partial charge in [-0.05, 0) is 30.1 Å². The first-order valence-corrected chi connectivity index (χ1v) is 3.87. The van der Waals surface area contributed by atoms with Gasteiger partial charge in [-0.15, -0.1) is 0 Å². The first kappa shape index (κ1) is 5.86. The minimum atomic E-state index is 1.12. The standard InChI is InChI=1S/C8H6NS/c1-6-2-3-7-5-9-10-8(7)4-6/h2-4H,1H3. The highest BCUT2D eigenvalue weighted by Gasteiger charge is 1.94. The topological polar surface area (TPSA) is 12.9 Å². The Morgan fingerprint density at radius 3 is 3.30 bits per heavy atom. The summed E-state index contributed by atoms with van der Waals surface area (Å²) in [7, 11) is 0. The first-order valence-electron chi connectivity index (χ1n) is 3.10. The van der Waals surface area contributed by atoms with Gasteiger partial charge in [-0.25, -0.2) is 0 Å². The molecule has 1 aromatic heterocycles. The van der Waals surface area contributed by atoms with Crippen molar-refractivity contribution >= 4 is 21.6 Å². The fraction of sp³-hybridized carbons (Fsp3) is 0.125. The van der Waals surface area contributed by atoms with E-state index in [9.17, 15) is 0 Å². The van der Waals surface area contributed by atoms with E-state index in [0.29, 0.717) is 0 Å². The lowest BCUT2D eigenvalue weighted by molar-refractivity contribution is 1.51. The molecule has 2 heteroatoms. The summed E-state index contributed by atoms with van der Waals surface area (Å²) in [6.07, 6.45) is 2.92. The SMILES string of the molecule is Cc1ccc2[c]nsc2c1. The Morgan fingerprint density at radius 1 is 1.50 bits per heavy atom. The minimum absolute atomic E-state index is 1.12. The smallest absolute Gasteiger partial charge is 0.112 e. The van der Waals surface area contributed by atoms with E-state index < -0.39 is 0 Å². The predicted molar refractivity (Wildman–Crippen MR) is 43.2 cm³/mol. The molecule has 0 saturated heterocycles. The summed E-state index contributed by atoms with van der Waals surface area (Å²) >= 11 is 1.50. The highest BCUT2D eigenvalue weighted by Crippen LogP contribution is 2.17. The zero-order chi connectivity index (χ0) is 6.97. The maximum absolute atomic E-state index is 3.96. The van der Waals surface area contributed by atoms with Crippen molar-refractivity contribution in [2.75, 3.05) is 0 Å². The number of fused-ring (bicyclic) bond motifs is 1. The maximum Gasteiger partial charge on any atom is 0.112 e. The molecule has 49 valence electrons. The second kappa shape index (κ2) is 2.06. The second-order valence-electron chi connectivity index (χ2n) is 2.29. The van der Waals surface area contributed by atoms with Gasteiger partial charge in [-0.3, -0.25) is 0 Å². The lowest BCUT2D eigenvalue weighted by Gasteiger charge is -1.88. The van der Waals surface area contributed by atoms with E-state index in [1.54, 1.807) is 0 Å². The van der Waals surface area contributed by atoms with Crippen LogP contribution in [0.1, 0.15) is 5.56 Å². The Hall–Kier alpha value is -0.890. The number of hydrogen-bond acceptors (Lipinski definition) is 2. The fourth-order valence-corrected chi connectivity index (χ4v) is 1.61. The van der Waals surface area contributed by atoms with E-state index in [4.69, 9.17) is 0 Å². The predicted octanol–water partition coefficient (Wildman–Crippen LogP) is 2.40. The van der Waals surface area contributed by atoms with Gasteiger partial charge in [0.25, 0.3) is 0 Å². The number of aryl methyl sites for hydroxylation is 1. The molecule has 0 spiro atoms. The molecule has 1 radical (unpaired) electrons. The summed E-state index contributed by atoms with van der Waals surface area (Å²) in [6, 6.07) is 6.25. The molecular formula is C8H6NS. The summed E-state index contributed by atoms with van der Waals surface area (Å²) in [5.41, 5.74) is 1.28. The van der Waals surface area contributed by atoms with E-state index in [1.807, 2.05) is 6.07 Å². The molecule has 0 atom stereocenters. The van der Waals surface area contributed by atoms with Crippen LogP contribution in [0.5, 0.6) is 0 Å². The molecule has 0 unspecified atom stereocenters. The average molecular weight is 148 g/mol. The van der Waals surface area contributed by atoms with Crippen LogP contribution in [0.3, 0.4) is 0 Å². The van der Waals surface area contributed by atoms with Crippen LogP contribution >= 0.6 is 11.5 Å². The number of hydrogen-bond donors (Lipinski definition) is 0. The zero-order valence-corrected chi connectivity index (χ0v) is 6.40. The lowest BCUT2D eigenvalue weighted by Crippen LogP contribution is -1.67. The Labute approximate surface area is 63.5 Å². The van der Waals surface area contributed by atoms with E-state index in [1.165, 1.54) is 21.8 Å². The molecule has 0 aliphatic carbocycles. The molecular weight excluding hydrogens is 142 g/mol. The van der Waals surface area contributed by atoms with Crippen molar-refractivity contribution in [2.24, 2.45) is 0 Å². The molecule has 0 saturated carbocycles. The number of aromatic nitrogens is 1. The third-order valence-electron chi connectivity index (χ3n) is 1.45. The van der Waals surface area contributed by atoms with E-state index in [2.05, 4.69) is 29.6 Å². The molecule has 1 heterocycles. The fourth-order valence-electron chi connectivity index (χ4n) is 0.919. The van der Waals surface area contributed by atoms with Crippen LogP contribution in [-0.2, 0) is 0 Å². The molecule has 2 aromatic rings. The molecule has 0 aliphatic heterocycles. The number of rotatable bonds is 0. The van der Waals surface area contributed by atoms with E-state index in [0.717, 1.165) is 5.39 Å². The Bertz CT molecular complexity index is 351. The summed E-state index contributed by atoms with van der Waals surface area (Å²) in [4.78, 5) is 0. The third-order valence-corrected chi connectivity index (χ3v) is 2.16. The summed E-state index contributed by atoms with van der Waals surface area (Å²) in [6.45, 7) is 2.08. The minimum Gasteiger partial charge on any atom is -0.190 e. The van der Waals surface area contributed by atoms with Crippen molar-refractivity contribution in [3.8, 4) is 0 Å². The largest absolute Gasteiger partial charge is 0.190 e. The van der Waals surface area contributed by atoms with Gasteiger partial charge in [-0.1, -0.05) is 12.1 Å². The van der Waals surface area contributed by atoms with Crippen molar-refractivity contribution in [3.05, 3.63) is 30.0 Å². The maximum atomic E-state index is 3.96. The van der Waals surface area contributed by atoms with Crippen LogP contribution < -0.4 is 0 Å². The van der Waals surface area contributed by atoms with Gasteiger partial charge in [-0.2, -0.15) is 4.37 Å². The highest BCUT2D eigenvalue weighted by atomic mass is 32.1. The molecule has 2 rings (SSSR count). The normalized spacial score (nSPS) is 10.5. The molecule has 10 heavy (non-hydrogen) atoms. The number of nitrogens with zero attached hydrogens (tertiary/aromatic N) is 1. The van der Waals surface area contributed by atoms with Gasteiger partial charge in [0.15, 0.2) is 0 Å². The molecule has 0 aliphatic rings. The van der Waals surface area contributed by atoms with Crippen molar-refractivity contribution in [2.45, 2.75) is 6.92 Å². The van der Waals surface area contributed by atoms with Gasteiger partial charge in [0, 0.05) is 5.39 Å². The summed E-state index contributed by atoms with van der Waals surface area (Å²) in [5.74, 6) is 0. The van der Waals surface area contributed by atoms with Crippen LogP contribution in [0.25, 0.3) is 10.1 Å². The molecule has 0 bridgehead atoms. The Morgan fingerprint density at radius 2 is 2.40 bits per heavy atom. The molecule has 0 fully saturated rings. The monoisotopic (exact) mass is 148 g/mol. The third kappa shape index (κ3) is 0.809. The molecule has 0 amide bonds. The quantitative estimate of drug-likeness (QED) is 0.559. The van der Waals surface area contributed by atoms with E-state index in [-0.39, 0.29) is 0 Å². The number of benzene rings is 1. The van der Waals surface area contributed by atoms with Crippen LogP contribution in [-0.4, -0.2) is 4.37 Å². The zero-order valence-electron chi connectivity index (χ0n) is 5.59. The van der Waals surface area contributed by atoms with Crippen LogP contribution in [0.15, 0.2) is 18.2 Å². The van der Waals surface area contributed by atoms with Gasteiger partial charge in [0.1, 0.15) is 6.20 Å².